The Bertz CT molecular complexity index is 299. The first-order chi connectivity index (χ1) is 6.61. The van der Waals surface area contributed by atoms with E-state index in [2.05, 4.69) is 0 Å². The molecule has 1 unspecified atom stereocenters. The number of carboxylic acids is 1. The van der Waals surface area contributed by atoms with Crippen LogP contribution in [0.5, 0.6) is 0 Å². The topological polar surface area (TPSA) is 60.8 Å². The Morgan fingerprint density at radius 1 is 1.43 bits per heavy atom. The van der Waals surface area contributed by atoms with Gasteiger partial charge in [-0.15, -0.1) is 0 Å². The van der Waals surface area contributed by atoms with Gasteiger partial charge in [0.15, 0.2) is 0 Å². The van der Waals surface area contributed by atoms with Crippen LogP contribution in [-0.4, -0.2) is 27.4 Å². The predicted molar refractivity (Wildman–Crippen MR) is 50.9 cm³/mol. The van der Waals surface area contributed by atoms with Gasteiger partial charge in [0.25, 0.3) is 0 Å². The van der Waals surface area contributed by atoms with E-state index in [4.69, 9.17) is 5.11 Å². The first-order valence-corrected chi connectivity index (χ1v) is 4.33. The number of nitrogens with zero attached hydrogens (tertiary/aromatic N) is 1. The molecule has 0 bridgehead atoms. The molecule has 0 aliphatic heterocycles. The zero-order chi connectivity index (χ0) is 10.6. The van der Waals surface area contributed by atoms with E-state index in [0.29, 0.717) is 0 Å². The summed E-state index contributed by atoms with van der Waals surface area (Å²) in [6.07, 6.45) is 0. The van der Waals surface area contributed by atoms with Gasteiger partial charge in [0, 0.05) is 6.54 Å². The number of carbonyl (C=O) groups is 1. The van der Waals surface area contributed by atoms with Gasteiger partial charge in [0.1, 0.15) is 6.04 Å². The normalized spacial score (nSPS) is 12.8. The van der Waals surface area contributed by atoms with Gasteiger partial charge in [-0.2, -0.15) is 5.06 Å². The Morgan fingerprint density at radius 3 is 2.50 bits per heavy atom. The molecule has 0 aliphatic rings. The summed E-state index contributed by atoms with van der Waals surface area (Å²) < 4.78 is 0. The predicted octanol–water partition coefficient (Wildman–Crippen LogP) is 1.35. The van der Waals surface area contributed by atoms with Gasteiger partial charge >= 0.3 is 5.97 Å². The molecule has 1 atom stereocenters. The van der Waals surface area contributed by atoms with Crippen molar-refractivity contribution in [3.8, 4) is 0 Å². The molecule has 14 heavy (non-hydrogen) atoms. The minimum atomic E-state index is -1.04. The molecule has 0 amide bonds. The van der Waals surface area contributed by atoms with Gasteiger partial charge in [0.05, 0.1) is 0 Å². The molecule has 0 fully saturated rings. The van der Waals surface area contributed by atoms with Crippen molar-refractivity contribution in [3.63, 3.8) is 0 Å². The summed E-state index contributed by atoms with van der Waals surface area (Å²) in [4.78, 5) is 10.5. The Balaban J connectivity index is 2.57. The lowest BCUT2D eigenvalue weighted by Crippen LogP contribution is -2.35. The molecule has 1 aromatic rings. The summed E-state index contributed by atoms with van der Waals surface area (Å²) >= 11 is 0. The van der Waals surface area contributed by atoms with Gasteiger partial charge in [0.2, 0.25) is 0 Å². The van der Waals surface area contributed by atoms with E-state index in [-0.39, 0.29) is 6.54 Å². The fourth-order valence-corrected chi connectivity index (χ4v) is 1.03. The summed E-state index contributed by atoms with van der Waals surface area (Å²) in [6, 6.07) is 8.32. The van der Waals surface area contributed by atoms with E-state index >= 15 is 0 Å². The second-order valence-corrected chi connectivity index (χ2v) is 3.10. The average molecular weight is 195 g/mol. The van der Waals surface area contributed by atoms with E-state index in [1.807, 2.05) is 30.3 Å². The number of hydrogen-bond donors (Lipinski definition) is 2. The summed E-state index contributed by atoms with van der Waals surface area (Å²) in [7, 11) is 0. The van der Waals surface area contributed by atoms with Crippen molar-refractivity contribution in [2.45, 2.75) is 19.5 Å². The van der Waals surface area contributed by atoms with Crippen molar-refractivity contribution >= 4 is 5.97 Å². The maximum absolute atomic E-state index is 10.5. The molecule has 1 aromatic carbocycles. The molecule has 0 saturated carbocycles. The Labute approximate surface area is 82.4 Å². The second kappa shape index (κ2) is 4.74. The molecule has 0 spiro atoms. The lowest BCUT2D eigenvalue weighted by Gasteiger charge is -2.18. The molecule has 2 N–H and O–H groups in total. The number of hydrogen-bond acceptors (Lipinski definition) is 3. The highest BCUT2D eigenvalue weighted by Gasteiger charge is 2.18. The molecular weight excluding hydrogens is 182 g/mol. The smallest absolute Gasteiger partial charge is 0.323 e. The van der Waals surface area contributed by atoms with Crippen LogP contribution in [0.25, 0.3) is 0 Å². The second-order valence-electron chi connectivity index (χ2n) is 3.10. The molecule has 4 heteroatoms. The van der Waals surface area contributed by atoms with Crippen LogP contribution in [0.15, 0.2) is 30.3 Å². The highest BCUT2D eigenvalue weighted by atomic mass is 16.5. The highest BCUT2D eigenvalue weighted by Crippen LogP contribution is 2.05. The summed E-state index contributed by atoms with van der Waals surface area (Å²) in [5.74, 6) is -1.04. The van der Waals surface area contributed by atoms with Crippen molar-refractivity contribution in [2.75, 3.05) is 0 Å². The van der Waals surface area contributed by atoms with Crippen LogP contribution in [0.1, 0.15) is 12.5 Å². The first kappa shape index (κ1) is 10.7. The number of benzene rings is 1. The van der Waals surface area contributed by atoms with E-state index in [9.17, 15) is 10.0 Å². The molecule has 1 rings (SSSR count). The van der Waals surface area contributed by atoms with E-state index in [0.717, 1.165) is 10.6 Å². The third-order valence-corrected chi connectivity index (χ3v) is 1.99. The van der Waals surface area contributed by atoms with Crippen molar-refractivity contribution in [1.82, 2.24) is 5.06 Å². The molecule has 0 heterocycles. The van der Waals surface area contributed by atoms with Gasteiger partial charge < -0.3 is 10.3 Å². The van der Waals surface area contributed by atoms with Gasteiger partial charge in [-0.05, 0) is 12.5 Å². The van der Waals surface area contributed by atoms with E-state index < -0.39 is 12.0 Å². The van der Waals surface area contributed by atoms with Gasteiger partial charge in [-0.25, -0.2) is 0 Å². The molecule has 0 aromatic heterocycles. The van der Waals surface area contributed by atoms with Crippen molar-refractivity contribution < 1.29 is 15.1 Å². The average Bonchev–Trinajstić information content (AvgIpc) is 2.18. The number of hydroxylamine groups is 2. The fraction of sp³-hybridized carbons (Fsp3) is 0.300. The summed E-state index contributed by atoms with van der Waals surface area (Å²) in [5, 5.41) is 18.8. The van der Waals surface area contributed by atoms with Crippen LogP contribution in [0, 0.1) is 0 Å². The van der Waals surface area contributed by atoms with Crippen molar-refractivity contribution in [2.24, 2.45) is 0 Å². The van der Waals surface area contributed by atoms with Crippen LogP contribution < -0.4 is 0 Å². The fourth-order valence-electron chi connectivity index (χ4n) is 1.03. The molecule has 76 valence electrons. The third kappa shape index (κ3) is 2.83. The van der Waals surface area contributed by atoms with E-state index in [1.165, 1.54) is 6.92 Å². The zero-order valence-corrected chi connectivity index (χ0v) is 7.92. The van der Waals surface area contributed by atoms with Crippen molar-refractivity contribution in [3.05, 3.63) is 35.9 Å². The number of aliphatic carboxylic acids is 1. The Kier molecular flexibility index (Phi) is 3.62. The maximum atomic E-state index is 10.5. The first-order valence-electron chi connectivity index (χ1n) is 4.33. The minimum absolute atomic E-state index is 0.217. The SMILES string of the molecule is CC(C(=O)O)N(O)Cc1ccccc1. The van der Waals surface area contributed by atoms with E-state index in [1.54, 1.807) is 0 Å². The van der Waals surface area contributed by atoms with Crippen molar-refractivity contribution in [1.29, 1.82) is 0 Å². The standard InChI is InChI=1S/C10H13NO3/c1-8(10(12)13)11(14)7-9-5-3-2-4-6-9/h2-6,8,14H,7H2,1H3,(H,12,13). The molecular formula is C10H13NO3. The lowest BCUT2D eigenvalue weighted by molar-refractivity contribution is -0.170. The molecule has 4 nitrogen and oxygen atoms in total. The molecule has 0 aliphatic carbocycles. The number of rotatable bonds is 4. The van der Waals surface area contributed by atoms with Crippen LogP contribution in [0.3, 0.4) is 0 Å². The largest absolute Gasteiger partial charge is 0.480 e. The van der Waals surface area contributed by atoms with Crippen LogP contribution >= 0.6 is 0 Å². The van der Waals surface area contributed by atoms with Crippen LogP contribution in [-0.2, 0) is 11.3 Å². The number of carboxylic acid groups (broad SMARTS) is 1. The Hall–Kier alpha value is -1.39. The summed E-state index contributed by atoms with van der Waals surface area (Å²) in [6.45, 7) is 1.65. The zero-order valence-electron chi connectivity index (χ0n) is 7.92. The third-order valence-electron chi connectivity index (χ3n) is 1.99. The van der Waals surface area contributed by atoms with Crippen LogP contribution in [0.4, 0.5) is 0 Å². The monoisotopic (exact) mass is 195 g/mol. The summed E-state index contributed by atoms with van der Waals surface area (Å²) in [5.41, 5.74) is 0.878. The molecule has 0 radical (unpaired) electrons. The minimum Gasteiger partial charge on any atom is -0.480 e. The highest BCUT2D eigenvalue weighted by molar-refractivity contribution is 5.72. The van der Waals surface area contributed by atoms with Gasteiger partial charge in [-0.1, -0.05) is 30.3 Å². The van der Waals surface area contributed by atoms with Crippen LogP contribution in [0.2, 0.25) is 0 Å². The lowest BCUT2D eigenvalue weighted by atomic mass is 10.2. The molecule has 0 saturated heterocycles. The quantitative estimate of drug-likeness (QED) is 0.712. The Morgan fingerprint density at radius 2 is 2.00 bits per heavy atom. The van der Waals surface area contributed by atoms with Gasteiger partial charge in [-0.3, -0.25) is 4.79 Å². The maximum Gasteiger partial charge on any atom is 0.323 e.